The van der Waals surface area contributed by atoms with E-state index in [0.717, 1.165) is 6.42 Å². The molecule has 0 aliphatic heterocycles. The van der Waals surface area contributed by atoms with Gasteiger partial charge in [-0.2, -0.15) is 0 Å². The molecule has 0 fully saturated rings. The van der Waals surface area contributed by atoms with Crippen LogP contribution in [-0.4, -0.2) is 0 Å². The van der Waals surface area contributed by atoms with Crippen molar-refractivity contribution < 1.29 is 0 Å². The predicted molar refractivity (Wildman–Crippen MR) is 51.4 cm³/mol. The highest BCUT2D eigenvalue weighted by Crippen LogP contribution is 2.01. The fourth-order valence-corrected chi connectivity index (χ4v) is 0.927. The monoisotopic (exact) mass is 151 g/mol. The number of allylic oxidation sites excluding steroid dienone is 3. The average molecular weight is 151 g/mol. The van der Waals surface area contributed by atoms with E-state index in [-0.39, 0.29) is 0 Å². The SMILES string of the molecule is [CH]=CCCCC/C=C/CCC. The van der Waals surface area contributed by atoms with Crippen LogP contribution in [0.25, 0.3) is 0 Å². The first-order chi connectivity index (χ1) is 5.41. The summed E-state index contributed by atoms with van der Waals surface area (Å²) in [5.41, 5.74) is 0. The van der Waals surface area contributed by atoms with E-state index < -0.39 is 0 Å². The van der Waals surface area contributed by atoms with E-state index in [0.29, 0.717) is 0 Å². The number of rotatable bonds is 7. The molecule has 0 rings (SSSR count). The van der Waals surface area contributed by atoms with Crippen molar-refractivity contribution in [2.24, 2.45) is 0 Å². The van der Waals surface area contributed by atoms with Crippen LogP contribution in [-0.2, 0) is 0 Å². The Balaban J connectivity index is 2.94. The second-order valence-corrected chi connectivity index (χ2v) is 2.78. The quantitative estimate of drug-likeness (QED) is 0.382. The summed E-state index contributed by atoms with van der Waals surface area (Å²) in [6.45, 7) is 7.45. The Bertz CT molecular complexity index is 101. The van der Waals surface area contributed by atoms with Gasteiger partial charge in [-0.1, -0.05) is 38.2 Å². The molecule has 0 aliphatic rings. The van der Waals surface area contributed by atoms with Crippen molar-refractivity contribution >= 4 is 0 Å². The topological polar surface area (TPSA) is 0 Å². The van der Waals surface area contributed by atoms with Gasteiger partial charge in [0.15, 0.2) is 0 Å². The van der Waals surface area contributed by atoms with Crippen LogP contribution in [0.3, 0.4) is 0 Å². The molecule has 0 aromatic carbocycles. The van der Waals surface area contributed by atoms with Gasteiger partial charge in [-0.3, -0.25) is 0 Å². The third-order valence-corrected chi connectivity index (χ3v) is 1.61. The molecule has 0 heterocycles. The first kappa shape index (κ1) is 10.5. The molecule has 0 aliphatic carbocycles. The van der Waals surface area contributed by atoms with Crippen LogP contribution < -0.4 is 0 Å². The van der Waals surface area contributed by atoms with Crippen molar-refractivity contribution in [1.29, 1.82) is 0 Å². The lowest BCUT2D eigenvalue weighted by Crippen LogP contribution is -1.71. The molecule has 0 saturated carbocycles. The normalized spacial score (nSPS) is 10.6. The highest BCUT2D eigenvalue weighted by atomic mass is 13.9. The number of hydrogen-bond donors (Lipinski definition) is 0. The third kappa shape index (κ3) is 9.48. The van der Waals surface area contributed by atoms with Crippen molar-refractivity contribution in [3.05, 3.63) is 24.8 Å². The third-order valence-electron chi connectivity index (χ3n) is 1.61. The Hall–Kier alpha value is -0.520. The Morgan fingerprint density at radius 1 is 1.00 bits per heavy atom. The lowest BCUT2D eigenvalue weighted by atomic mass is 10.2. The lowest BCUT2D eigenvalue weighted by molar-refractivity contribution is 0.760. The van der Waals surface area contributed by atoms with E-state index in [9.17, 15) is 0 Å². The van der Waals surface area contributed by atoms with Gasteiger partial charge in [0.25, 0.3) is 0 Å². The number of unbranched alkanes of at least 4 members (excludes halogenated alkanes) is 4. The molecule has 11 heavy (non-hydrogen) atoms. The zero-order chi connectivity index (χ0) is 8.36. The summed E-state index contributed by atoms with van der Waals surface area (Å²) in [6.07, 6.45) is 13.5. The molecule has 0 atom stereocenters. The van der Waals surface area contributed by atoms with Gasteiger partial charge in [-0.25, -0.2) is 0 Å². The average Bonchev–Trinajstić information content (AvgIpc) is 2.03. The molecular weight excluding hydrogens is 132 g/mol. The van der Waals surface area contributed by atoms with Crippen molar-refractivity contribution in [1.82, 2.24) is 0 Å². The van der Waals surface area contributed by atoms with Gasteiger partial charge in [-0.05, 0) is 32.1 Å². The molecule has 0 nitrogen and oxygen atoms in total. The van der Waals surface area contributed by atoms with E-state index >= 15 is 0 Å². The first-order valence-corrected chi connectivity index (χ1v) is 4.60. The molecule has 0 amide bonds. The van der Waals surface area contributed by atoms with Crippen LogP contribution >= 0.6 is 0 Å². The van der Waals surface area contributed by atoms with Gasteiger partial charge in [-0.15, -0.1) is 0 Å². The molecule has 63 valence electrons. The van der Waals surface area contributed by atoms with Gasteiger partial charge in [0, 0.05) is 0 Å². The van der Waals surface area contributed by atoms with Crippen LogP contribution in [0.5, 0.6) is 0 Å². The van der Waals surface area contributed by atoms with Gasteiger partial charge < -0.3 is 0 Å². The minimum absolute atomic E-state index is 1.06. The van der Waals surface area contributed by atoms with Gasteiger partial charge >= 0.3 is 0 Å². The van der Waals surface area contributed by atoms with Crippen LogP contribution in [0.15, 0.2) is 18.2 Å². The smallest absolute Gasteiger partial charge is 0.0347 e. The Morgan fingerprint density at radius 2 is 1.64 bits per heavy atom. The van der Waals surface area contributed by atoms with Gasteiger partial charge in [0.2, 0.25) is 0 Å². The van der Waals surface area contributed by atoms with E-state index in [4.69, 9.17) is 6.58 Å². The molecule has 0 aromatic heterocycles. The molecule has 0 N–H and O–H groups in total. The molecule has 1 radical (unpaired) electrons. The van der Waals surface area contributed by atoms with E-state index in [1.165, 1.54) is 32.1 Å². The van der Waals surface area contributed by atoms with E-state index in [1.54, 1.807) is 6.08 Å². The van der Waals surface area contributed by atoms with Gasteiger partial charge in [0.05, 0.1) is 0 Å². The largest absolute Gasteiger partial charge is 0.0885 e. The van der Waals surface area contributed by atoms with Crippen molar-refractivity contribution in [2.45, 2.75) is 45.4 Å². The minimum Gasteiger partial charge on any atom is -0.0885 e. The maximum atomic E-state index is 5.25. The molecule has 0 saturated heterocycles. The molecule has 0 heteroatoms. The lowest BCUT2D eigenvalue weighted by Gasteiger charge is -1.91. The van der Waals surface area contributed by atoms with Crippen molar-refractivity contribution in [2.75, 3.05) is 0 Å². The molecule has 0 bridgehead atoms. The highest BCUT2D eigenvalue weighted by Gasteiger charge is 1.81. The summed E-state index contributed by atoms with van der Waals surface area (Å²) < 4.78 is 0. The van der Waals surface area contributed by atoms with E-state index in [1.807, 2.05) is 0 Å². The maximum absolute atomic E-state index is 5.25. The fourth-order valence-electron chi connectivity index (χ4n) is 0.927. The summed E-state index contributed by atoms with van der Waals surface area (Å²) in [6, 6.07) is 0. The second kappa shape index (κ2) is 9.48. The first-order valence-electron chi connectivity index (χ1n) is 4.60. The Labute approximate surface area is 71.0 Å². The molecule has 0 aromatic rings. The zero-order valence-corrected chi connectivity index (χ0v) is 7.55. The number of hydrogen-bond acceptors (Lipinski definition) is 0. The summed E-state index contributed by atoms with van der Waals surface area (Å²) in [5.74, 6) is 0. The van der Waals surface area contributed by atoms with Crippen LogP contribution in [0.2, 0.25) is 0 Å². The minimum atomic E-state index is 1.06. The second-order valence-electron chi connectivity index (χ2n) is 2.78. The van der Waals surface area contributed by atoms with Crippen LogP contribution in [0.1, 0.15) is 45.4 Å². The maximum Gasteiger partial charge on any atom is -0.0347 e. The van der Waals surface area contributed by atoms with Crippen molar-refractivity contribution in [3.8, 4) is 0 Å². The summed E-state index contributed by atoms with van der Waals surface area (Å²) in [5, 5.41) is 0. The Morgan fingerprint density at radius 3 is 2.27 bits per heavy atom. The van der Waals surface area contributed by atoms with E-state index in [2.05, 4.69) is 19.1 Å². The fraction of sp³-hybridized carbons (Fsp3) is 0.636. The standard InChI is InChI=1S/C11H19/c1-3-5-7-9-11-10-8-6-4-2/h1,3,8,10H,4-7,9,11H2,2H3/b3-1?,10-8+. The summed E-state index contributed by atoms with van der Waals surface area (Å²) in [4.78, 5) is 0. The Kier molecular flexibility index (Phi) is 9.03. The molecule has 0 spiro atoms. The van der Waals surface area contributed by atoms with Crippen molar-refractivity contribution in [3.63, 3.8) is 0 Å². The summed E-state index contributed by atoms with van der Waals surface area (Å²) >= 11 is 0. The van der Waals surface area contributed by atoms with Gasteiger partial charge in [0.1, 0.15) is 0 Å². The predicted octanol–water partition coefficient (Wildman–Crippen LogP) is 3.89. The molecular formula is C11H19. The highest BCUT2D eigenvalue weighted by molar-refractivity contribution is 4.81. The summed E-state index contributed by atoms with van der Waals surface area (Å²) in [7, 11) is 0. The van der Waals surface area contributed by atoms with Crippen LogP contribution in [0.4, 0.5) is 0 Å². The molecule has 0 unspecified atom stereocenters. The zero-order valence-electron chi connectivity index (χ0n) is 7.55. The van der Waals surface area contributed by atoms with Crippen LogP contribution in [0, 0.1) is 6.58 Å².